The summed E-state index contributed by atoms with van der Waals surface area (Å²) in [6.07, 6.45) is 1.07. The predicted octanol–water partition coefficient (Wildman–Crippen LogP) is 8.44. The second-order valence-corrected chi connectivity index (χ2v) is 13.3. The lowest BCUT2D eigenvalue weighted by molar-refractivity contribution is -0.118. The Morgan fingerprint density at radius 3 is 2.42 bits per heavy atom. The fourth-order valence-corrected chi connectivity index (χ4v) is 7.03. The maximum Gasteiger partial charge on any atom is 0.162 e. The van der Waals surface area contributed by atoms with Crippen molar-refractivity contribution in [1.82, 2.24) is 0 Å². The first-order chi connectivity index (χ1) is 19.0. The molecule has 204 valence electrons. The Balaban J connectivity index is 1.66. The third-order valence-electron chi connectivity index (χ3n) is 7.68. The number of allylic oxidation sites excluding steroid dienone is 3. The molecule has 1 heterocycles. The van der Waals surface area contributed by atoms with Gasteiger partial charge in [0.25, 0.3) is 0 Å². The van der Waals surface area contributed by atoms with Gasteiger partial charge in [0.15, 0.2) is 5.78 Å². The van der Waals surface area contributed by atoms with Gasteiger partial charge in [0.05, 0.1) is 17.6 Å². The van der Waals surface area contributed by atoms with E-state index in [-0.39, 0.29) is 17.0 Å². The summed E-state index contributed by atoms with van der Waals surface area (Å²) in [6.45, 7) is 8.29. The smallest absolute Gasteiger partial charge is 0.162 e. The Labute approximate surface area is 247 Å². The van der Waals surface area contributed by atoms with Crippen molar-refractivity contribution < 1.29 is 9.18 Å². The van der Waals surface area contributed by atoms with Crippen molar-refractivity contribution in [3.63, 3.8) is 0 Å². The number of aryl methyl sites for hydroxylation is 1. The molecule has 3 aromatic rings. The molecule has 0 saturated carbocycles. The molecule has 4 nitrogen and oxygen atoms in total. The zero-order valence-electron chi connectivity index (χ0n) is 23.0. The molecule has 0 radical (unpaired) electrons. The van der Waals surface area contributed by atoms with Gasteiger partial charge in [-0.3, -0.25) is 9.69 Å². The Morgan fingerprint density at radius 2 is 1.77 bits per heavy atom. The third-order valence-corrected chi connectivity index (χ3v) is 9.27. The Morgan fingerprint density at radius 1 is 1.10 bits per heavy atom. The number of hydrogen-bond donors (Lipinski definition) is 1. The van der Waals surface area contributed by atoms with Crippen LogP contribution in [0.1, 0.15) is 54.9 Å². The Bertz CT molecular complexity index is 1600. The maximum atomic E-state index is 13.9. The molecule has 7 heteroatoms. The van der Waals surface area contributed by atoms with Gasteiger partial charge in [0.2, 0.25) is 0 Å². The van der Waals surface area contributed by atoms with E-state index in [1.54, 1.807) is 23.9 Å². The van der Waals surface area contributed by atoms with E-state index < -0.39 is 5.92 Å². The van der Waals surface area contributed by atoms with Gasteiger partial charge < -0.3 is 5.73 Å². The fraction of sp³-hybridized carbons (Fsp3) is 0.273. The number of Topliss-reactive ketones (excluding diaryl/α,β-unsaturated/α-hetero) is 1. The van der Waals surface area contributed by atoms with Gasteiger partial charge in [0, 0.05) is 38.5 Å². The van der Waals surface area contributed by atoms with Crippen LogP contribution in [0.2, 0.25) is 0 Å². The van der Waals surface area contributed by atoms with Crippen LogP contribution in [0, 0.1) is 36.4 Å². The molecule has 2 N–H and O–H groups in total. The predicted molar refractivity (Wildman–Crippen MR) is 163 cm³/mol. The standard InChI is InChI=1S/C33H31BrFN3OS/c1-19-13-21(18-40-25-11-7-23(35)8-12-25)20(2)26(14-19)30-27(17-36)32(37)38(24-9-5-22(34)6-10-24)28-15-33(3,4)16-29(39)31(28)30/h5-14,30H,15-16,18,37H2,1-4H3. The van der Waals surface area contributed by atoms with Crippen LogP contribution in [0.4, 0.5) is 10.1 Å². The van der Waals surface area contributed by atoms with Gasteiger partial charge in [-0.1, -0.05) is 47.5 Å². The van der Waals surface area contributed by atoms with E-state index in [1.165, 1.54) is 12.1 Å². The molecule has 1 atom stereocenters. The van der Waals surface area contributed by atoms with Crippen LogP contribution >= 0.6 is 27.7 Å². The molecule has 1 unspecified atom stereocenters. The SMILES string of the molecule is Cc1cc(CSc2ccc(F)cc2)c(C)c(C2C(C#N)=C(N)N(c3ccc(Br)cc3)C3=C2C(=O)CC(C)(C)C3)c1. The summed E-state index contributed by atoms with van der Waals surface area (Å²) in [4.78, 5) is 16.8. The number of nitrogens with two attached hydrogens (primary N) is 1. The van der Waals surface area contributed by atoms with E-state index in [9.17, 15) is 14.4 Å². The second kappa shape index (κ2) is 10.9. The number of anilines is 1. The molecule has 3 aromatic carbocycles. The van der Waals surface area contributed by atoms with E-state index in [0.717, 1.165) is 43.0 Å². The summed E-state index contributed by atoms with van der Waals surface area (Å²) >= 11 is 5.13. The van der Waals surface area contributed by atoms with Crippen molar-refractivity contribution in [3.05, 3.63) is 116 Å². The highest BCUT2D eigenvalue weighted by molar-refractivity contribution is 9.10. The number of carbonyl (C=O) groups is 1. The van der Waals surface area contributed by atoms with Crippen LogP contribution in [0.3, 0.4) is 0 Å². The molecule has 1 aliphatic heterocycles. The number of nitrogens with zero attached hydrogens (tertiary/aromatic N) is 2. The number of benzene rings is 3. The van der Waals surface area contributed by atoms with Gasteiger partial charge in [0.1, 0.15) is 11.6 Å². The van der Waals surface area contributed by atoms with Crippen molar-refractivity contribution in [3.8, 4) is 6.07 Å². The Kier molecular flexibility index (Phi) is 7.69. The van der Waals surface area contributed by atoms with Crippen LogP contribution in [0.25, 0.3) is 0 Å². The number of nitriles is 1. The first kappa shape index (κ1) is 28.2. The van der Waals surface area contributed by atoms with Gasteiger partial charge >= 0.3 is 0 Å². The molecule has 0 bridgehead atoms. The summed E-state index contributed by atoms with van der Waals surface area (Å²) < 4.78 is 14.3. The minimum atomic E-state index is -0.537. The van der Waals surface area contributed by atoms with Gasteiger partial charge in [-0.15, -0.1) is 11.8 Å². The fourth-order valence-electron chi connectivity index (χ4n) is 5.81. The molecule has 40 heavy (non-hydrogen) atoms. The lowest BCUT2D eigenvalue weighted by Gasteiger charge is -2.44. The zero-order chi connectivity index (χ0) is 28.8. The summed E-state index contributed by atoms with van der Waals surface area (Å²) in [5, 5.41) is 10.5. The molecule has 0 aromatic heterocycles. The summed E-state index contributed by atoms with van der Waals surface area (Å²) in [5.41, 5.74) is 13.5. The van der Waals surface area contributed by atoms with Crippen LogP contribution in [0.5, 0.6) is 0 Å². The lowest BCUT2D eigenvalue weighted by Crippen LogP contribution is -2.42. The average Bonchev–Trinajstić information content (AvgIpc) is 2.89. The largest absolute Gasteiger partial charge is 0.384 e. The highest BCUT2D eigenvalue weighted by Gasteiger charge is 2.45. The lowest BCUT2D eigenvalue weighted by atomic mass is 9.68. The number of carbonyl (C=O) groups excluding carboxylic acids is 1. The molecule has 0 fully saturated rings. The molecule has 0 amide bonds. The number of halogens is 2. The minimum absolute atomic E-state index is 0.0572. The normalized spacial score (nSPS) is 18.6. The summed E-state index contributed by atoms with van der Waals surface area (Å²) in [5.74, 6) is 0.303. The molecule has 1 aliphatic carbocycles. The number of rotatable bonds is 5. The number of hydrogen-bond acceptors (Lipinski definition) is 5. The first-order valence-corrected chi connectivity index (χ1v) is 15.0. The van der Waals surface area contributed by atoms with E-state index in [4.69, 9.17) is 5.73 Å². The highest BCUT2D eigenvalue weighted by Crippen LogP contribution is 2.51. The van der Waals surface area contributed by atoms with Crippen LogP contribution < -0.4 is 10.6 Å². The van der Waals surface area contributed by atoms with Crippen molar-refractivity contribution in [2.24, 2.45) is 11.1 Å². The monoisotopic (exact) mass is 615 g/mol. The van der Waals surface area contributed by atoms with E-state index in [0.29, 0.717) is 35.6 Å². The molecule has 0 saturated heterocycles. The van der Waals surface area contributed by atoms with Crippen molar-refractivity contribution in [2.75, 3.05) is 4.90 Å². The average molecular weight is 617 g/mol. The maximum absolute atomic E-state index is 13.9. The van der Waals surface area contributed by atoms with Gasteiger partial charge in [-0.25, -0.2) is 4.39 Å². The van der Waals surface area contributed by atoms with Gasteiger partial charge in [-0.05, 0) is 90.9 Å². The number of thioether (sulfide) groups is 1. The first-order valence-electron chi connectivity index (χ1n) is 13.2. The topological polar surface area (TPSA) is 70.1 Å². The molecule has 0 spiro atoms. The van der Waals surface area contributed by atoms with Crippen LogP contribution in [0.15, 0.2) is 92.7 Å². The molecule has 2 aliphatic rings. The molecule has 5 rings (SSSR count). The molecular formula is C33H31BrFN3OS. The van der Waals surface area contributed by atoms with E-state index in [1.807, 2.05) is 36.1 Å². The van der Waals surface area contributed by atoms with Crippen molar-refractivity contribution in [2.45, 2.75) is 57.1 Å². The highest BCUT2D eigenvalue weighted by atomic mass is 79.9. The van der Waals surface area contributed by atoms with Gasteiger partial charge in [-0.2, -0.15) is 5.26 Å². The van der Waals surface area contributed by atoms with E-state index >= 15 is 0 Å². The summed E-state index contributed by atoms with van der Waals surface area (Å²) in [6, 6.07) is 20.9. The summed E-state index contributed by atoms with van der Waals surface area (Å²) in [7, 11) is 0. The van der Waals surface area contributed by atoms with Crippen molar-refractivity contribution in [1.29, 1.82) is 5.26 Å². The quantitative estimate of drug-likeness (QED) is 0.292. The Hall–Kier alpha value is -3.34. The van der Waals surface area contributed by atoms with Crippen LogP contribution in [-0.2, 0) is 10.5 Å². The second-order valence-electron chi connectivity index (χ2n) is 11.3. The van der Waals surface area contributed by atoms with Crippen LogP contribution in [-0.4, -0.2) is 5.78 Å². The van der Waals surface area contributed by atoms with Crippen molar-refractivity contribution >= 4 is 39.2 Å². The minimum Gasteiger partial charge on any atom is -0.384 e. The number of ketones is 1. The molecular weight excluding hydrogens is 585 g/mol. The zero-order valence-corrected chi connectivity index (χ0v) is 25.4. The van der Waals surface area contributed by atoms with E-state index in [2.05, 4.69) is 54.9 Å². The third kappa shape index (κ3) is 5.35.